The third kappa shape index (κ3) is 2.93. The molecule has 1 aromatic heterocycles. The van der Waals surface area contributed by atoms with Crippen LogP contribution in [0.2, 0.25) is 5.02 Å². The first-order valence-electron chi connectivity index (χ1n) is 4.97. The largest absolute Gasteiger partial charge is 0.309 e. The van der Waals surface area contributed by atoms with Gasteiger partial charge in [0.1, 0.15) is 0 Å². The first-order valence-corrected chi connectivity index (χ1v) is 7.88. The summed E-state index contributed by atoms with van der Waals surface area (Å²) in [5.74, 6) is 0. The molecular weight excluding hydrogens is 385 g/mol. The summed E-state index contributed by atoms with van der Waals surface area (Å²) in [5, 5.41) is 8.26. The van der Waals surface area contributed by atoms with E-state index in [4.69, 9.17) is 11.6 Å². The molecule has 90 valence electrons. The fourth-order valence-corrected chi connectivity index (χ4v) is 4.05. The second-order valence-corrected chi connectivity index (χ2v) is 6.48. The van der Waals surface area contributed by atoms with E-state index in [2.05, 4.69) is 47.9 Å². The van der Waals surface area contributed by atoms with E-state index in [-0.39, 0.29) is 6.04 Å². The predicted octanol–water partition coefficient (Wildman–Crippen LogP) is 5.24. The Labute approximate surface area is 126 Å². The van der Waals surface area contributed by atoms with Crippen LogP contribution in [0.25, 0.3) is 0 Å². The lowest BCUT2D eigenvalue weighted by Gasteiger charge is -2.18. The maximum Gasteiger partial charge on any atom is 0.0608 e. The zero-order chi connectivity index (χ0) is 12.4. The van der Waals surface area contributed by atoms with Crippen molar-refractivity contribution in [2.75, 3.05) is 7.05 Å². The number of hydrogen-bond donors (Lipinski definition) is 1. The van der Waals surface area contributed by atoms with Gasteiger partial charge in [0, 0.05) is 19.3 Å². The topological polar surface area (TPSA) is 12.0 Å². The third-order valence-electron chi connectivity index (χ3n) is 2.52. The highest BCUT2D eigenvalue weighted by Crippen LogP contribution is 2.35. The van der Waals surface area contributed by atoms with Gasteiger partial charge in [0.25, 0.3) is 0 Å². The Morgan fingerprint density at radius 2 is 2.00 bits per heavy atom. The van der Waals surface area contributed by atoms with Crippen molar-refractivity contribution < 1.29 is 0 Å². The standard InChI is InChI=1S/C12H10Br2ClNS/c1-16-12(9-5-17-6-10(9)14)8-3-2-7(13)4-11(8)15/h2-6,12,16H,1H3. The molecule has 1 unspecified atom stereocenters. The van der Waals surface area contributed by atoms with Gasteiger partial charge >= 0.3 is 0 Å². The lowest BCUT2D eigenvalue weighted by atomic mass is 10.0. The van der Waals surface area contributed by atoms with Crippen LogP contribution in [0.5, 0.6) is 0 Å². The summed E-state index contributed by atoms with van der Waals surface area (Å²) in [4.78, 5) is 0. The zero-order valence-electron chi connectivity index (χ0n) is 9.01. The highest BCUT2D eigenvalue weighted by Gasteiger charge is 2.18. The molecule has 1 N–H and O–H groups in total. The summed E-state index contributed by atoms with van der Waals surface area (Å²) < 4.78 is 2.10. The zero-order valence-corrected chi connectivity index (χ0v) is 13.8. The van der Waals surface area contributed by atoms with Gasteiger partial charge in [-0.2, -0.15) is 11.3 Å². The summed E-state index contributed by atoms with van der Waals surface area (Å²) in [7, 11) is 1.94. The van der Waals surface area contributed by atoms with E-state index in [9.17, 15) is 0 Å². The van der Waals surface area contributed by atoms with Crippen LogP contribution in [-0.4, -0.2) is 7.05 Å². The molecule has 17 heavy (non-hydrogen) atoms. The van der Waals surface area contributed by atoms with Crippen molar-refractivity contribution in [3.8, 4) is 0 Å². The molecular formula is C12H10Br2ClNS. The van der Waals surface area contributed by atoms with Gasteiger partial charge in [0.15, 0.2) is 0 Å². The van der Waals surface area contributed by atoms with E-state index >= 15 is 0 Å². The van der Waals surface area contributed by atoms with E-state index in [0.29, 0.717) is 0 Å². The van der Waals surface area contributed by atoms with Crippen molar-refractivity contribution in [1.29, 1.82) is 0 Å². The SMILES string of the molecule is CNC(c1ccc(Br)cc1Cl)c1cscc1Br. The fourth-order valence-electron chi connectivity index (χ4n) is 1.71. The summed E-state index contributed by atoms with van der Waals surface area (Å²) in [6.45, 7) is 0. The van der Waals surface area contributed by atoms with Crippen LogP contribution in [0, 0.1) is 0 Å². The second kappa shape index (κ2) is 5.85. The number of nitrogens with one attached hydrogen (secondary N) is 1. The number of rotatable bonds is 3. The van der Waals surface area contributed by atoms with Crippen LogP contribution >= 0.6 is 54.8 Å². The predicted molar refractivity (Wildman–Crippen MR) is 82.1 cm³/mol. The smallest absolute Gasteiger partial charge is 0.0608 e. The number of halogens is 3. The molecule has 0 aliphatic carbocycles. The first kappa shape index (κ1) is 13.6. The Morgan fingerprint density at radius 1 is 1.24 bits per heavy atom. The van der Waals surface area contributed by atoms with Crippen LogP contribution in [0.3, 0.4) is 0 Å². The minimum Gasteiger partial charge on any atom is -0.309 e. The van der Waals surface area contributed by atoms with Crippen molar-refractivity contribution in [2.24, 2.45) is 0 Å². The van der Waals surface area contributed by atoms with Crippen molar-refractivity contribution in [3.05, 3.63) is 54.1 Å². The molecule has 0 radical (unpaired) electrons. The van der Waals surface area contributed by atoms with Gasteiger partial charge in [-0.3, -0.25) is 0 Å². The molecule has 0 fully saturated rings. The van der Waals surface area contributed by atoms with Gasteiger partial charge in [-0.25, -0.2) is 0 Å². The lowest BCUT2D eigenvalue weighted by molar-refractivity contribution is 0.692. The Kier molecular flexibility index (Phi) is 4.66. The minimum atomic E-state index is 0.108. The number of benzene rings is 1. The summed E-state index contributed by atoms with van der Waals surface area (Å²) in [5.41, 5.74) is 2.29. The van der Waals surface area contributed by atoms with E-state index in [1.807, 2.05) is 25.2 Å². The van der Waals surface area contributed by atoms with Gasteiger partial charge in [-0.1, -0.05) is 33.6 Å². The molecule has 1 heterocycles. The third-order valence-corrected chi connectivity index (χ3v) is 5.09. The summed E-state index contributed by atoms with van der Waals surface area (Å²) >= 11 is 14.9. The number of thiophene rings is 1. The molecule has 2 aromatic rings. The molecule has 0 aliphatic rings. The molecule has 5 heteroatoms. The lowest BCUT2D eigenvalue weighted by Crippen LogP contribution is -2.17. The first-order chi connectivity index (χ1) is 8.13. The van der Waals surface area contributed by atoms with Gasteiger partial charge in [0.05, 0.1) is 6.04 Å². The average Bonchev–Trinajstić information content (AvgIpc) is 2.69. The van der Waals surface area contributed by atoms with Crippen LogP contribution < -0.4 is 5.32 Å². The molecule has 0 spiro atoms. The van der Waals surface area contributed by atoms with E-state index in [1.165, 1.54) is 5.56 Å². The average molecular weight is 396 g/mol. The Balaban J connectivity index is 2.46. The van der Waals surface area contributed by atoms with Crippen LogP contribution in [-0.2, 0) is 0 Å². The molecule has 2 rings (SSSR count). The summed E-state index contributed by atoms with van der Waals surface area (Å²) in [6.07, 6.45) is 0. The van der Waals surface area contributed by atoms with E-state index in [0.717, 1.165) is 19.5 Å². The Bertz CT molecular complexity index is 527. The maximum atomic E-state index is 6.29. The van der Waals surface area contributed by atoms with Crippen LogP contribution in [0.1, 0.15) is 17.2 Å². The monoisotopic (exact) mass is 393 g/mol. The highest BCUT2D eigenvalue weighted by molar-refractivity contribution is 9.10. The van der Waals surface area contributed by atoms with Crippen molar-refractivity contribution in [1.82, 2.24) is 5.32 Å². The molecule has 0 amide bonds. The molecule has 0 saturated heterocycles. The molecule has 0 aliphatic heterocycles. The maximum absolute atomic E-state index is 6.29. The molecule has 0 bridgehead atoms. The van der Waals surface area contributed by atoms with E-state index < -0.39 is 0 Å². The van der Waals surface area contributed by atoms with Gasteiger partial charge < -0.3 is 5.32 Å². The quantitative estimate of drug-likeness (QED) is 0.750. The van der Waals surface area contributed by atoms with E-state index in [1.54, 1.807) is 11.3 Å². The minimum absolute atomic E-state index is 0.108. The van der Waals surface area contributed by atoms with Crippen LogP contribution in [0.4, 0.5) is 0 Å². The van der Waals surface area contributed by atoms with Gasteiger partial charge in [-0.15, -0.1) is 0 Å². The molecule has 0 saturated carbocycles. The fraction of sp³-hybridized carbons (Fsp3) is 0.167. The van der Waals surface area contributed by atoms with Crippen molar-refractivity contribution >= 4 is 54.8 Å². The van der Waals surface area contributed by atoms with Crippen molar-refractivity contribution in [3.63, 3.8) is 0 Å². The van der Waals surface area contributed by atoms with Gasteiger partial charge in [-0.05, 0) is 51.6 Å². The number of hydrogen-bond acceptors (Lipinski definition) is 2. The second-order valence-electron chi connectivity index (χ2n) is 3.56. The Morgan fingerprint density at radius 3 is 2.53 bits per heavy atom. The highest BCUT2D eigenvalue weighted by atomic mass is 79.9. The van der Waals surface area contributed by atoms with Gasteiger partial charge in [0.2, 0.25) is 0 Å². The molecule has 1 nitrogen and oxygen atoms in total. The Hall–Kier alpha value is 0.130. The normalized spacial score (nSPS) is 12.7. The van der Waals surface area contributed by atoms with Crippen LogP contribution in [0.15, 0.2) is 37.9 Å². The summed E-state index contributed by atoms with van der Waals surface area (Å²) in [6, 6.07) is 6.07. The van der Waals surface area contributed by atoms with Crippen molar-refractivity contribution in [2.45, 2.75) is 6.04 Å². The molecule has 1 atom stereocenters. The molecule has 1 aromatic carbocycles.